The summed E-state index contributed by atoms with van der Waals surface area (Å²) in [7, 11) is 3.52. The van der Waals surface area contributed by atoms with E-state index >= 15 is 0 Å². The molecule has 1 aromatic rings. The average molecular weight is 138 g/mol. The van der Waals surface area contributed by atoms with Crippen molar-refractivity contribution in [2.75, 3.05) is 7.05 Å². The molecule has 0 aliphatic rings. The number of nitrogens with zero attached hydrogens (tertiary/aromatic N) is 3. The maximum Gasteiger partial charge on any atom is 0.174 e. The molecule has 0 radical (unpaired) electrons. The molecule has 4 heteroatoms. The smallest absolute Gasteiger partial charge is 0.174 e. The Kier molecular flexibility index (Phi) is 1.71. The van der Waals surface area contributed by atoms with Crippen LogP contribution in [0.4, 0.5) is 0 Å². The van der Waals surface area contributed by atoms with Gasteiger partial charge in [0.15, 0.2) is 11.7 Å². The van der Waals surface area contributed by atoms with Gasteiger partial charge in [-0.15, -0.1) is 0 Å². The van der Waals surface area contributed by atoms with E-state index in [1.165, 1.54) is 0 Å². The summed E-state index contributed by atoms with van der Waals surface area (Å²) in [5.41, 5.74) is 5.51. The molecule has 0 aromatic carbocycles. The normalized spacial score (nSPS) is 12.0. The van der Waals surface area contributed by atoms with Crippen LogP contribution >= 0.6 is 0 Å². The van der Waals surface area contributed by atoms with Crippen LogP contribution in [-0.4, -0.2) is 22.4 Å². The fourth-order valence-corrected chi connectivity index (χ4v) is 0.712. The number of rotatable bonds is 1. The summed E-state index contributed by atoms with van der Waals surface area (Å²) in [6.07, 6.45) is 3.51. The number of aromatic nitrogens is 2. The standard InChI is InChI=1S/C6H10N4/c1-8-5(7)6-9-3-4-10(6)2/h3-4H,1-2H3,(H2,7,8). The third-order valence-electron chi connectivity index (χ3n) is 1.29. The maximum absolute atomic E-state index is 5.51. The number of nitrogens with two attached hydrogens (primary N) is 1. The Morgan fingerprint density at radius 2 is 2.50 bits per heavy atom. The zero-order chi connectivity index (χ0) is 7.56. The highest BCUT2D eigenvalue weighted by molar-refractivity contribution is 5.94. The first-order chi connectivity index (χ1) is 4.75. The van der Waals surface area contributed by atoms with Gasteiger partial charge >= 0.3 is 0 Å². The zero-order valence-electron chi connectivity index (χ0n) is 6.07. The molecule has 54 valence electrons. The van der Waals surface area contributed by atoms with Crippen molar-refractivity contribution >= 4 is 5.84 Å². The van der Waals surface area contributed by atoms with Gasteiger partial charge in [-0.25, -0.2) is 4.98 Å². The van der Waals surface area contributed by atoms with Crippen LogP contribution in [0, 0.1) is 0 Å². The van der Waals surface area contributed by atoms with E-state index in [0.717, 1.165) is 0 Å². The highest BCUT2D eigenvalue weighted by atomic mass is 15.1. The van der Waals surface area contributed by atoms with E-state index in [1.807, 2.05) is 17.8 Å². The number of hydrogen-bond acceptors (Lipinski definition) is 2. The maximum atomic E-state index is 5.51. The number of amidine groups is 1. The monoisotopic (exact) mass is 138 g/mol. The van der Waals surface area contributed by atoms with Gasteiger partial charge in [-0.3, -0.25) is 4.99 Å². The van der Waals surface area contributed by atoms with Crippen molar-refractivity contribution < 1.29 is 0 Å². The Hall–Kier alpha value is -1.32. The predicted octanol–water partition coefficient (Wildman–Crippen LogP) is -0.245. The van der Waals surface area contributed by atoms with Gasteiger partial charge in [-0.05, 0) is 0 Å². The molecule has 0 saturated carbocycles. The molecule has 0 bridgehead atoms. The van der Waals surface area contributed by atoms with Crippen LogP contribution in [0.1, 0.15) is 5.82 Å². The minimum atomic E-state index is 0.465. The van der Waals surface area contributed by atoms with Gasteiger partial charge < -0.3 is 10.3 Å². The molecule has 0 aliphatic carbocycles. The van der Waals surface area contributed by atoms with E-state index in [2.05, 4.69) is 9.98 Å². The van der Waals surface area contributed by atoms with Crippen molar-refractivity contribution in [1.82, 2.24) is 9.55 Å². The van der Waals surface area contributed by atoms with Gasteiger partial charge in [0, 0.05) is 26.5 Å². The highest BCUT2D eigenvalue weighted by Crippen LogP contribution is 1.91. The van der Waals surface area contributed by atoms with Crippen molar-refractivity contribution in [1.29, 1.82) is 0 Å². The lowest BCUT2D eigenvalue weighted by atomic mass is 10.5. The van der Waals surface area contributed by atoms with Crippen molar-refractivity contribution in [3.05, 3.63) is 18.2 Å². The fraction of sp³-hybridized carbons (Fsp3) is 0.333. The first-order valence-corrected chi connectivity index (χ1v) is 2.95. The summed E-state index contributed by atoms with van der Waals surface area (Å²) in [4.78, 5) is 7.80. The van der Waals surface area contributed by atoms with E-state index in [4.69, 9.17) is 5.73 Å². The Morgan fingerprint density at radius 3 is 2.90 bits per heavy atom. The van der Waals surface area contributed by atoms with Crippen LogP contribution in [0.3, 0.4) is 0 Å². The van der Waals surface area contributed by atoms with Gasteiger partial charge in [0.25, 0.3) is 0 Å². The van der Waals surface area contributed by atoms with Gasteiger partial charge in [0.2, 0.25) is 0 Å². The summed E-state index contributed by atoms with van der Waals surface area (Å²) in [6.45, 7) is 0. The van der Waals surface area contributed by atoms with E-state index in [1.54, 1.807) is 13.2 Å². The average Bonchev–Trinajstić information content (AvgIpc) is 2.34. The van der Waals surface area contributed by atoms with Gasteiger partial charge in [0.05, 0.1) is 0 Å². The largest absolute Gasteiger partial charge is 0.381 e. The van der Waals surface area contributed by atoms with E-state index in [9.17, 15) is 0 Å². The lowest BCUT2D eigenvalue weighted by Gasteiger charge is -1.97. The Bertz CT molecular complexity index is 248. The minimum absolute atomic E-state index is 0.465. The molecule has 0 fully saturated rings. The molecule has 4 nitrogen and oxygen atoms in total. The summed E-state index contributed by atoms with van der Waals surface area (Å²) in [5, 5.41) is 0. The molecule has 10 heavy (non-hydrogen) atoms. The van der Waals surface area contributed by atoms with E-state index < -0.39 is 0 Å². The van der Waals surface area contributed by atoms with Crippen LogP contribution in [0.15, 0.2) is 17.4 Å². The second-order valence-electron chi connectivity index (χ2n) is 1.97. The highest BCUT2D eigenvalue weighted by Gasteiger charge is 2.00. The molecular weight excluding hydrogens is 128 g/mol. The van der Waals surface area contributed by atoms with Crippen molar-refractivity contribution in [3.8, 4) is 0 Å². The third kappa shape index (κ3) is 1.00. The Labute approximate surface area is 59.4 Å². The molecule has 1 rings (SSSR count). The van der Waals surface area contributed by atoms with Gasteiger partial charge in [0.1, 0.15) is 0 Å². The molecule has 0 atom stereocenters. The quantitative estimate of drug-likeness (QED) is 0.430. The van der Waals surface area contributed by atoms with Crippen LogP contribution < -0.4 is 5.73 Å². The van der Waals surface area contributed by atoms with Crippen LogP contribution in [0.25, 0.3) is 0 Å². The molecule has 0 amide bonds. The molecule has 1 heterocycles. The molecule has 0 aliphatic heterocycles. The lowest BCUT2D eigenvalue weighted by Crippen LogP contribution is -2.17. The predicted molar refractivity (Wildman–Crippen MR) is 39.9 cm³/mol. The summed E-state index contributed by atoms with van der Waals surface area (Å²) < 4.78 is 1.82. The SMILES string of the molecule is CN=C(N)c1nccn1C. The molecule has 0 unspecified atom stereocenters. The van der Waals surface area contributed by atoms with Crippen molar-refractivity contribution in [3.63, 3.8) is 0 Å². The van der Waals surface area contributed by atoms with Gasteiger partial charge in [-0.2, -0.15) is 0 Å². The molecule has 2 N–H and O–H groups in total. The Morgan fingerprint density at radius 1 is 1.80 bits per heavy atom. The second-order valence-corrected chi connectivity index (χ2v) is 1.97. The first-order valence-electron chi connectivity index (χ1n) is 2.95. The molecule has 0 saturated heterocycles. The Balaban J connectivity index is 3.05. The van der Waals surface area contributed by atoms with Crippen molar-refractivity contribution in [2.45, 2.75) is 0 Å². The molecule has 1 aromatic heterocycles. The zero-order valence-corrected chi connectivity index (χ0v) is 6.07. The number of aryl methyl sites for hydroxylation is 1. The van der Waals surface area contributed by atoms with E-state index in [-0.39, 0.29) is 0 Å². The number of imidazole rings is 1. The van der Waals surface area contributed by atoms with Crippen LogP contribution in [0.5, 0.6) is 0 Å². The fourth-order valence-electron chi connectivity index (χ4n) is 0.712. The van der Waals surface area contributed by atoms with Gasteiger partial charge in [-0.1, -0.05) is 0 Å². The first kappa shape index (κ1) is 6.80. The minimum Gasteiger partial charge on any atom is -0.381 e. The summed E-state index contributed by atoms with van der Waals surface area (Å²) >= 11 is 0. The molecule has 0 spiro atoms. The van der Waals surface area contributed by atoms with Crippen LogP contribution in [-0.2, 0) is 7.05 Å². The summed E-state index contributed by atoms with van der Waals surface area (Å²) in [5.74, 6) is 1.18. The lowest BCUT2D eigenvalue weighted by molar-refractivity contribution is 0.894. The number of hydrogen-bond donors (Lipinski definition) is 1. The van der Waals surface area contributed by atoms with Crippen LogP contribution in [0.2, 0.25) is 0 Å². The number of aliphatic imine (C=N–C) groups is 1. The third-order valence-corrected chi connectivity index (χ3v) is 1.29. The summed E-state index contributed by atoms with van der Waals surface area (Å²) in [6, 6.07) is 0. The van der Waals surface area contributed by atoms with E-state index in [0.29, 0.717) is 11.7 Å². The topological polar surface area (TPSA) is 56.2 Å². The van der Waals surface area contributed by atoms with Crippen molar-refractivity contribution in [2.24, 2.45) is 17.8 Å². The molecular formula is C6H10N4. The second kappa shape index (κ2) is 2.51.